The standard InChI is InChI=1S/C22H23F3N2O2S/c23-22(24,25)18-2-4-19(5-3-18)26-7-9-27(10-8-26)30-20-6-1-16-11-15(13-21(28)29)12-17(16)14-20/h1-6,14-15H,7-13H2,(H,28,29). The summed E-state index contributed by atoms with van der Waals surface area (Å²) in [5.74, 6) is -0.557. The van der Waals surface area contributed by atoms with Crippen LogP contribution in [0.15, 0.2) is 47.4 Å². The lowest BCUT2D eigenvalue weighted by molar-refractivity contribution is -0.138. The van der Waals surface area contributed by atoms with Gasteiger partial charge >= 0.3 is 12.1 Å². The highest BCUT2D eigenvalue weighted by atomic mass is 32.2. The van der Waals surface area contributed by atoms with Crippen molar-refractivity contribution < 1.29 is 23.1 Å². The van der Waals surface area contributed by atoms with Crippen LogP contribution in [0, 0.1) is 5.92 Å². The first-order valence-electron chi connectivity index (χ1n) is 9.96. The van der Waals surface area contributed by atoms with Gasteiger partial charge in [-0.25, -0.2) is 4.31 Å². The predicted molar refractivity (Wildman–Crippen MR) is 111 cm³/mol. The molecule has 0 radical (unpaired) electrons. The van der Waals surface area contributed by atoms with E-state index in [1.165, 1.54) is 11.1 Å². The normalized spacial score (nSPS) is 19.7. The number of carboxylic acids is 1. The van der Waals surface area contributed by atoms with E-state index in [0.29, 0.717) is 0 Å². The molecule has 1 unspecified atom stereocenters. The molecule has 8 heteroatoms. The van der Waals surface area contributed by atoms with Gasteiger partial charge < -0.3 is 10.0 Å². The first-order chi connectivity index (χ1) is 14.3. The van der Waals surface area contributed by atoms with Crippen molar-refractivity contribution in [3.8, 4) is 0 Å². The Hall–Kier alpha value is -2.19. The van der Waals surface area contributed by atoms with Crippen LogP contribution in [0.3, 0.4) is 0 Å². The highest BCUT2D eigenvalue weighted by Gasteiger charge is 2.30. The molecule has 1 saturated heterocycles. The number of rotatable bonds is 5. The van der Waals surface area contributed by atoms with Crippen molar-refractivity contribution in [2.24, 2.45) is 5.92 Å². The van der Waals surface area contributed by atoms with Gasteiger partial charge in [-0.1, -0.05) is 6.07 Å². The summed E-state index contributed by atoms with van der Waals surface area (Å²) in [6.07, 6.45) is -2.45. The molecule has 4 rings (SSSR count). The Morgan fingerprint density at radius 1 is 1.00 bits per heavy atom. The highest BCUT2D eigenvalue weighted by molar-refractivity contribution is 7.97. The Bertz CT molecular complexity index is 910. The molecule has 1 fully saturated rings. The zero-order valence-electron chi connectivity index (χ0n) is 16.4. The van der Waals surface area contributed by atoms with Crippen molar-refractivity contribution >= 4 is 23.6 Å². The maximum absolute atomic E-state index is 12.7. The number of benzene rings is 2. The first-order valence-corrected chi connectivity index (χ1v) is 10.7. The average Bonchev–Trinajstić information content (AvgIpc) is 3.09. The fraction of sp³-hybridized carbons (Fsp3) is 0.409. The van der Waals surface area contributed by atoms with Crippen LogP contribution in [-0.2, 0) is 23.8 Å². The van der Waals surface area contributed by atoms with E-state index in [2.05, 4.69) is 27.4 Å². The van der Waals surface area contributed by atoms with Crippen LogP contribution < -0.4 is 4.90 Å². The molecule has 0 bridgehead atoms. The zero-order chi connectivity index (χ0) is 21.3. The first kappa shape index (κ1) is 21.1. The summed E-state index contributed by atoms with van der Waals surface area (Å²) in [7, 11) is 0. The number of hydrogen-bond acceptors (Lipinski definition) is 4. The van der Waals surface area contributed by atoms with Crippen molar-refractivity contribution in [1.29, 1.82) is 0 Å². The van der Waals surface area contributed by atoms with Crippen molar-refractivity contribution in [1.82, 2.24) is 4.31 Å². The fourth-order valence-electron chi connectivity index (χ4n) is 4.18. The molecular weight excluding hydrogens is 413 g/mol. The van der Waals surface area contributed by atoms with E-state index >= 15 is 0 Å². The van der Waals surface area contributed by atoms with Gasteiger partial charge in [-0.05, 0) is 78.2 Å². The van der Waals surface area contributed by atoms with Gasteiger partial charge in [-0.3, -0.25) is 4.79 Å². The Balaban J connectivity index is 1.31. The molecule has 0 spiro atoms. The molecule has 1 heterocycles. The number of halogens is 3. The third-order valence-corrected chi connectivity index (χ3v) is 6.78. The Morgan fingerprint density at radius 2 is 1.67 bits per heavy atom. The van der Waals surface area contributed by atoms with E-state index in [9.17, 15) is 18.0 Å². The summed E-state index contributed by atoms with van der Waals surface area (Å²) in [4.78, 5) is 14.2. The number of piperazine rings is 1. The van der Waals surface area contributed by atoms with E-state index in [0.717, 1.165) is 61.7 Å². The van der Waals surface area contributed by atoms with Crippen LogP contribution >= 0.6 is 11.9 Å². The molecular formula is C22H23F3N2O2S. The summed E-state index contributed by atoms with van der Waals surface area (Å²) in [5.41, 5.74) is 2.68. The number of nitrogens with zero attached hydrogens (tertiary/aromatic N) is 2. The van der Waals surface area contributed by atoms with Crippen LogP contribution in [0.5, 0.6) is 0 Å². The minimum atomic E-state index is -4.31. The number of fused-ring (bicyclic) bond motifs is 1. The third-order valence-electron chi connectivity index (χ3n) is 5.69. The number of aliphatic carboxylic acids is 1. The monoisotopic (exact) mass is 436 g/mol. The van der Waals surface area contributed by atoms with Crippen LogP contribution in [-0.4, -0.2) is 41.6 Å². The fourth-order valence-corrected chi connectivity index (χ4v) is 5.15. The van der Waals surface area contributed by atoms with Gasteiger partial charge in [0.2, 0.25) is 0 Å². The molecule has 2 aromatic rings. The van der Waals surface area contributed by atoms with Gasteiger partial charge in [0.1, 0.15) is 0 Å². The number of carbonyl (C=O) groups is 1. The highest BCUT2D eigenvalue weighted by Crippen LogP contribution is 2.34. The van der Waals surface area contributed by atoms with Crippen molar-refractivity contribution in [3.63, 3.8) is 0 Å². The third kappa shape index (κ3) is 4.92. The van der Waals surface area contributed by atoms with E-state index in [-0.39, 0.29) is 12.3 Å². The number of anilines is 1. The van der Waals surface area contributed by atoms with E-state index < -0.39 is 17.7 Å². The van der Waals surface area contributed by atoms with Crippen molar-refractivity contribution in [2.75, 3.05) is 31.1 Å². The molecule has 0 amide bonds. The molecule has 1 aliphatic carbocycles. The van der Waals surface area contributed by atoms with Gasteiger partial charge in [-0.15, -0.1) is 0 Å². The van der Waals surface area contributed by atoms with Crippen LogP contribution in [0.25, 0.3) is 0 Å². The van der Waals surface area contributed by atoms with Gasteiger partial charge in [-0.2, -0.15) is 13.2 Å². The second-order valence-electron chi connectivity index (χ2n) is 7.85. The van der Waals surface area contributed by atoms with Crippen molar-refractivity contribution in [2.45, 2.75) is 30.3 Å². The Morgan fingerprint density at radius 3 is 2.30 bits per heavy atom. The quantitative estimate of drug-likeness (QED) is 0.687. The maximum Gasteiger partial charge on any atom is 0.416 e. The predicted octanol–water partition coefficient (Wildman–Crippen LogP) is 4.72. The molecule has 0 saturated carbocycles. The smallest absolute Gasteiger partial charge is 0.416 e. The van der Waals surface area contributed by atoms with Gasteiger partial charge in [0, 0.05) is 43.2 Å². The molecule has 0 aromatic heterocycles. The topological polar surface area (TPSA) is 43.8 Å². The lowest BCUT2D eigenvalue weighted by Crippen LogP contribution is -2.43. The van der Waals surface area contributed by atoms with E-state index in [1.807, 2.05) is 0 Å². The van der Waals surface area contributed by atoms with Crippen LogP contribution in [0.4, 0.5) is 18.9 Å². The van der Waals surface area contributed by atoms with Crippen LogP contribution in [0.1, 0.15) is 23.1 Å². The second-order valence-corrected chi connectivity index (χ2v) is 9.03. The molecule has 1 atom stereocenters. The lowest BCUT2D eigenvalue weighted by atomic mass is 10.0. The Kier molecular flexibility index (Phi) is 5.97. The summed E-state index contributed by atoms with van der Waals surface area (Å²) in [6.45, 7) is 3.13. The number of carboxylic acid groups (broad SMARTS) is 1. The molecule has 160 valence electrons. The van der Waals surface area contributed by atoms with Crippen molar-refractivity contribution in [3.05, 3.63) is 59.2 Å². The summed E-state index contributed by atoms with van der Waals surface area (Å²) in [6, 6.07) is 11.7. The summed E-state index contributed by atoms with van der Waals surface area (Å²) >= 11 is 1.69. The van der Waals surface area contributed by atoms with Gasteiger partial charge in [0.15, 0.2) is 0 Å². The van der Waals surface area contributed by atoms with Crippen LogP contribution in [0.2, 0.25) is 0 Å². The molecule has 1 aliphatic heterocycles. The minimum absolute atomic E-state index is 0.185. The second kappa shape index (κ2) is 8.51. The summed E-state index contributed by atoms with van der Waals surface area (Å²) < 4.78 is 40.5. The zero-order valence-corrected chi connectivity index (χ0v) is 17.2. The van der Waals surface area contributed by atoms with E-state index in [1.54, 1.807) is 24.1 Å². The molecule has 1 N–H and O–H groups in total. The summed E-state index contributed by atoms with van der Waals surface area (Å²) in [5, 5.41) is 9.01. The molecule has 2 aliphatic rings. The minimum Gasteiger partial charge on any atom is -0.481 e. The average molecular weight is 436 g/mol. The number of alkyl halides is 3. The number of hydrogen-bond donors (Lipinski definition) is 1. The molecule has 2 aromatic carbocycles. The maximum atomic E-state index is 12.7. The van der Waals surface area contributed by atoms with E-state index in [4.69, 9.17) is 5.11 Å². The molecule has 30 heavy (non-hydrogen) atoms. The largest absolute Gasteiger partial charge is 0.481 e. The van der Waals surface area contributed by atoms with Gasteiger partial charge in [0.05, 0.1) is 5.56 Å². The Labute approximate surface area is 177 Å². The van der Waals surface area contributed by atoms with Gasteiger partial charge in [0.25, 0.3) is 0 Å². The SMILES string of the molecule is O=C(O)CC1Cc2ccc(SN3CCN(c4ccc(C(F)(F)F)cc4)CC3)cc2C1. The molecule has 4 nitrogen and oxygen atoms in total. The lowest BCUT2D eigenvalue weighted by Gasteiger charge is -2.35.